The van der Waals surface area contributed by atoms with E-state index in [0.717, 1.165) is 31.6 Å². The SMILES string of the molecule is COc1cc(Cl)cc(N(C=O)c2ccc(Cl)cn2)c1N(C=O)c1ccc(C(=C2CCN2)N2CCC2)cc1. The Morgan fingerprint density at radius 2 is 1.76 bits per heavy atom. The second-order valence-electron chi connectivity index (χ2n) is 8.65. The second kappa shape index (κ2) is 10.7. The highest BCUT2D eigenvalue weighted by Crippen LogP contribution is 2.45. The van der Waals surface area contributed by atoms with Gasteiger partial charge in [-0.05, 0) is 42.3 Å². The Hall–Kier alpha value is -3.75. The summed E-state index contributed by atoms with van der Waals surface area (Å²) in [4.78, 5) is 34.1. The molecule has 1 N–H and O–H groups in total. The van der Waals surface area contributed by atoms with E-state index in [2.05, 4.69) is 15.2 Å². The van der Waals surface area contributed by atoms with E-state index in [1.165, 1.54) is 40.9 Å². The highest BCUT2D eigenvalue weighted by molar-refractivity contribution is 6.31. The zero-order chi connectivity index (χ0) is 25.9. The van der Waals surface area contributed by atoms with Gasteiger partial charge in [-0.25, -0.2) is 4.98 Å². The molecule has 0 spiro atoms. The van der Waals surface area contributed by atoms with Crippen LogP contribution in [-0.2, 0) is 9.59 Å². The molecule has 37 heavy (non-hydrogen) atoms. The number of likely N-dealkylation sites (tertiary alicyclic amines) is 1. The lowest BCUT2D eigenvalue weighted by Gasteiger charge is -2.39. The first kappa shape index (κ1) is 24.9. The Bertz CT molecular complexity index is 1340. The summed E-state index contributed by atoms with van der Waals surface area (Å²) in [6.45, 7) is 3.06. The van der Waals surface area contributed by atoms with E-state index < -0.39 is 0 Å². The number of nitrogens with one attached hydrogen (secondary N) is 1. The number of pyridine rings is 1. The third kappa shape index (κ3) is 4.82. The Morgan fingerprint density at radius 1 is 1.03 bits per heavy atom. The van der Waals surface area contributed by atoms with E-state index in [-0.39, 0.29) is 0 Å². The van der Waals surface area contributed by atoms with Crippen LogP contribution in [-0.4, -0.2) is 49.4 Å². The van der Waals surface area contributed by atoms with Crippen molar-refractivity contribution in [1.82, 2.24) is 15.2 Å². The van der Waals surface area contributed by atoms with Crippen LogP contribution in [0.5, 0.6) is 5.75 Å². The molecule has 0 aliphatic carbocycles. The van der Waals surface area contributed by atoms with E-state index in [4.69, 9.17) is 27.9 Å². The quantitative estimate of drug-likeness (QED) is 0.370. The summed E-state index contributed by atoms with van der Waals surface area (Å²) in [7, 11) is 1.48. The van der Waals surface area contributed by atoms with Crippen LogP contribution in [0, 0.1) is 0 Å². The minimum absolute atomic E-state index is 0.310. The predicted octanol–water partition coefficient (Wildman–Crippen LogP) is 5.35. The van der Waals surface area contributed by atoms with Crippen molar-refractivity contribution < 1.29 is 14.3 Å². The minimum atomic E-state index is 0.310. The molecule has 3 aromatic rings. The number of carbonyl (C=O) groups is 2. The molecule has 0 saturated carbocycles. The van der Waals surface area contributed by atoms with Crippen molar-refractivity contribution >= 4 is 64.6 Å². The molecule has 0 radical (unpaired) electrons. The third-order valence-corrected chi connectivity index (χ3v) is 6.94. The first-order valence-corrected chi connectivity index (χ1v) is 12.6. The van der Waals surface area contributed by atoms with Crippen molar-refractivity contribution in [2.75, 3.05) is 36.5 Å². The molecule has 2 amide bonds. The van der Waals surface area contributed by atoms with Gasteiger partial charge in [-0.3, -0.25) is 19.4 Å². The number of anilines is 4. The molecule has 3 heterocycles. The van der Waals surface area contributed by atoms with Crippen molar-refractivity contribution in [2.24, 2.45) is 0 Å². The average molecular weight is 538 g/mol. The Morgan fingerprint density at radius 3 is 2.27 bits per heavy atom. The van der Waals surface area contributed by atoms with Crippen LogP contribution in [0.25, 0.3) is 5.70 Å². The molecule has 2 aliphatic heterocycles. The fourth-order valence-corrected chi connectivity index (χ4v) is 4.76. The number of methoxy groups -OCH3 is 1. The highest BCUT2D eigenvalue weighted by Gasteiger charge is 2.27. The largest absolute Gasteiger partial charge is 0.494 e. The number of ether oxygens (including phenoxy) is 1. The lowest BCUT2D eigenvalue weighted by molar-refractivity contribution is -0.107. The van der Waals surface area contributed by atoms with Gasteiger partial charge in [0.2, 0.25) is 12.8 Å². The molecular formula is C27H25Cl2N5O3. The number of halogens is 2. The van der Waals surface area contributed by atoms with Gasteiger partial charge < -0.3 is 15.0 Å². The Labute approximate surface area is 225 Å². The number of nitrogens with zero attached hydrogens (tertiary/aromatic N) is 4. The third-order valence-electron chi connectivity index (χ3n) is 6.50. The molecule has 10 heteroatoms. The maximum Gasteiger partial charge on any atom is 0.219 e. The van der Waals surface area contributed by atoms with E-state index in [0.29, 0.717) is 51.5 Å². The van der Waals surface area contributed by atoms with Gasteiger partial charge in [0.25, 0.3) is 0 Å². The molecule has 0 unspecified atom stereocenters. The Balaban J connectivity index is 1.57. The van der Waals surface area contributed by atoms with Crippen molar-refractivity contribution in [3.8, 4) is 5.75 Å². The van der Waals surface area contributed by atoms with Crippen LogP contribution in [0.4, 0.5) is 22.9 Å². The van der Waals surface area contributed by atoms with Gasteiger partial charge >= 0.3 is 0 Å². The van der Waals surface area contributed by atoms with Gasteiger partial charge in [0.1, 0.15) is 17.3 Å². The number of benzene rings is 2. The fourth-order valence-electron chi connectivity index (χ4n) is 4.45. The molecule has 1 aromatic heterocycles. The number of amides is 2. The fraction of sp³-hybridized carbons (Fsp3) is 0.222. The maximum absolute atomic E-state index is 12.5. The first-order valence-electron chi connectivity index (χ1n) is 11.8. The molecule has 0 atom stereocenters. The van der Waals surface area contributed by atoms with E-state index >= 15 is 0 Å². The summed E-state index contributed by atoms with van der Waals surface area (Å²) in [6, 6.07) is 14.2. The van der Waals surface area contributed by atoms with Gasteiger partial charge in [0.05, 0.1) is 23.5 Å². The summed E-state index contributed by atoms with van der Waals surface area (Å²) in [5, 5.41) is 4.18. The summed E-state index contributed by atoms with van der Waals surface area (Å²) in [6.07, 6.45) is 4.94. The second-order valence-corrected chi connectivity index (χ2v) is 9.53. The molecule has 2 fully saturated rings. The van der Waals surface area contributed by atoms with Crippen LogP contribution in [0.15, 0.2) is 60.4 Å². The smallest absolute Gasteiger partial charge is 0.219 e. The highest BCUT2D eigenvalue weighted by atomic mass is 35.5. The number of carbonyl (C=O) groups excluding carboxylic acids is 2. The molecular weight excluding hydrogens is 513 g/mol. The van der Waals surface area contributed by atoms with E-state index in [1.807, 2.05) is 24.3 Å². The molecule has 5 rings (SSSR count). The molecule has 2 aromatic carbocycles. The molecule has 0 bridgehead atoms. The predicted molar refractivity (Wildman–Crippen MR) is 146 cm³/mol. The van der Waals surface area contributed by atoms with Gasteiger partial charge in [-0.2, -0.15) is 0 Å². The van der Waals surface area contributed by atoms with Crippen molar-refractivity contribution in [1.29, 1.82) is 0 Å². The topological polar surface area (TPSA) is 78.0 Å². The minimum Gasteiger partial charge on any atom is -0.494 e. The Kier molecular flexibility index (Phi) is 7.21. The van der Waals surface area contributed by atoms with Gasteiger partial charge in [0.15, 0.2) is 0 Å². The van der Waals surface area contributed by atoms with Gasteiger partial charge in [-0.15, -0.1) is 0 Å². The lowest BCUT2D eigenvalue weighted by atomic mass is 10.0. The number of rotatable bonds is 9. The monoisotopic (exact) mass is 537 g/mol. The van der Waals surface area contributed by atoms with Crippen LogP contribution in [0.3, 0.4) is 0 Å². The number of hydrogen-bond donors (Lipinski definition) is 1. The zero-order valence-corrected chi connectivity index (χ0v) is 21.7. The first-order chi connectivity index (χ1) is 18.0. The van der Waals surface area contributed by atoms with Gasteiger partial charge in [0, 0.05) is 54.7 Å². The lowest BCUT2D eigenvalue weighted by Crippen LogP contribution is -2.40. The summed E-state index contributed by atoms with van der Waals surface area (Å²) in [5.74, 6) is 0.631. The van der Waals surface area contributed by atoms with Crippen LogP contribution >= 0.6 is 23.2 Å². The molecule has 8 nitrogen and oxygen atoms in total. The molecule has 2 saturated heterocycles. The number of hydrogen-bond acceptors (Lipinski definition) is 6. The summed E-state index contributed by atoms with van der Waals surface area (Å²) in [5.41, 5.74) is 4.82. The van der Waals surface area contributed by atoms with Gasteiger partial charge in [-0.1, -0.05) is 35.3 Å². The average Bonchev–Trinajstić information content (AvgIpc) is 2.85. The van der Waals surface area contributed by atoms with E-state index in [1.54, 1.807) is 24.3 Å². The summed E-state index contributed by atoms with van der Waals surface area (Å²) >= 11 is 12.4. The molecule has 2 aliphatic rings. The van der Waals surface area contributed by atoms with Crippen LogP contribution in [0.1, 0.15) is 18.4 Å². The van der Waals surface area contributed by atoms with Crippen molar-refractivity contribution in [2.45, 2.75) is 12.8 Å². The van der Waals surface area contributed by atoms with Crippen molar-refractivity contribution in [3.63, 3.8) is 0 Å². The molecule has 190 valence electrons. The van der Waals surface area contributed by atoms with E-state index in [9.17, 15) is 9.59 Å². The maximum atomic E-state index is 12.5. The summed E-state index contributed by atoms with van der Waals surface area (Å²) < 4.78 is 5.60. The zero-order valence-electron chi connectivity index (χ0n) is 20.2. The standard InChI is InChI=1S/C27H25Cl2N5O3/c1-37-24-14-20(29)13-23(34(17-36)25-8-5-19(28)15-31-25)27(24)33(16-35)21-6-3-18(4-7-21)26(22-9-10-30-22)32-11-2-12-32/h3-8,13-17,30H,2,9-12H2,1H3. The van der Waals surface area contributed by atoms with Crippen molar-refractivity contribution in [3.05, 3.63) is 76.0 Å². The number of aromatic nitrogens is 1. The normalized spacial score (nSPS) is 15.6. The van der Waals surface area contributed by atoms with Crippen LogP contribution in [0.2, 0.25) is 10.0 Å². The van der Waals surface area contributed by atoms with Crippen LogP contribution < -0.4 is 19.9 Å².